The number of esters is 1. The van der Waals surface area contributed by atoms with Crippen LogP contribution in [-0.4, -0.2) is 34.4 Å². The van der Waals surface area contributed by atoms with E-state index in [4.69, 9.17) is 9.26 Å². The Morgan fingerprint density at radius 1 is 1.21 bits per heavy atom. The van der Waals surface area contributed by atoms with Gasteiger partial charge in [-0.15, -0.1) is 0 Å². The lowest BCUT2D eigenvalue weighted by atomic mass is 10.1. The Bertz CT molecular complexity index is 768. The van der Waals surface area contributed by atoms with E-state index in [1.165, 1.54) is 24.3 Å². The van der Waals surface area contributed by atoms with Crippen LogP contribution in [0.15, 0.2) is 34.9 Å². The van der Waals surface area contributed by atoms with Crippen molar-refractivity contribution in [3.8, 4) is 11.3 Å². The molecule has 24 heavy (non-hydrogen) atoms. The molecule has 1 aromatic carbocycles. The fraction of sp³-hybridized carbons (Fsp3) is 0.250. The van der Waals surface area contributed by atoms with Crippen LogP contribution < -0.4 is 0 Å². The van der Waals surface area contributed by atoms with Crippen molar-refractivity contribution in [1.82, 2.24) is 10.1 Å². The molecular weight excluding hydrogens is 319 g/mol. The Balaban J connectivity index is 1.55. The highest BCUT2D eigenvalue weighted by Gasteiger charge is 2.30. The van der Waals surface area contributed by atoms with Gasteiger partial charge in [0.05, 0.1) is 0 Å². The van der Waals surface area contributed by atoms with Crippen molar-refractivity contribution in [3.05, 3.63) is 41.8 Å². The second-order valence-corrected chi connectivity index (χ2v) is 5.22. The normalized spacial score (nSPS) is 14.3. The van der Waals surface area contributed by atoms with Gasteiger partial charge < -0.3 is 9.26 Å². The molecule has 0 unspecified atom stereocenters. The van der Waals surface area contributed by atoms with Crippen molar-refractivity contribution < 1.29 is 28.0 Å². The SMILES string of the molecule is O=C(CN1C(=O)CCC1=O)OCc1cc(-c2ccc(F)cc2)on1. The molecule has 124 valence electrons. The first-order valence-electron chi connectivity index (χ1n) is 7.23. The van der Waals surface area contributed by atoms with Gasteiger partial charge in [-0.25, -0.2) is 4.39 Å². The molecule has 1 saturated heterocycles. The second-order valence-electron chi connectivity index (χ2n) is 5.22. The molecule has 0 atom stereocenters. The molecule has 1 fully saturated rings. The molecule has 1 aliphatic rings. The van der Waals surface area contributed by atoms with E-state index < -0.39 is 12.5 Å². The Morgan fingerprint density at radius 3 is 2.54 bits per heavy atom. The monoisotopic (exact) mass is 332 g/mol. The van der Waals surface area contributed by atoms with Crippen LogP contribution in [0.4, 0.5) is 4.39 Å². The van der Waals surface area contributed by atoms with E-state index in [1.807, 2.05) is 0 Å². The molecule has 0 aliphatic carbocycles. The van der Waals surface area contributed by atoms with Crippen LogP contribution in [0.3, 0.4) is 0 Å². The van der Waals surface area contributed by atoms with Crippen molar-refractivity contribution in [2.45, 2.75) is 19.4 Å². The molecule has 7 nitrogen and oxygen atoms in total. The third-order valence-electron chi connectivity index (χ3n) is 3.51. The standard InChI is InChI=1S/C16H13FN2O5/c17-11-3-1-10(2-4-11)13-7-12(18-24-13)9-23-16(22)8-19-14(20)5-6-15(19)21/h1-4,7H,5-6,8-9H2. The molecule has 2 aromatic rings. The fourth-order valence-corrected chi connectivity index (χ4v) is 2.26. The first-order valence-corrected chi connectivity index (χ1v) is 7.23. The van der Waals surface area contributed by atoms with Crippen molar-refractivity contribution in [1.29, 1.82) is 0 Å². The van der Waals surface area contributed by atoms with Crippen molar-refractivity contribution in [3.63, 3.8) is 0 Å². The van der Waals surface area contributed by atoms with E-state index in [1.54, 1.807) is 6.07 Å². The number of rotatable bonds is 5. The van der Waals surface area contributed by atoms with Crippen LogP contribution in [0.1, 0.15) is 18.5 Å². The largest absolute Gasteiger partial charge is 0.458 e. The van der Waals surface area contributed by atoms with Gasteiger partial charge in [0.15, 0.2) is 5.76 Å². The number of amides is 2. The zero-order valence-electron chi connectivity index (χ0n) is 12.5. The number of ether oxygens (including phenoxy) is 1. The summed E-state index contributed by atoms with van der Waals surface area (Å²) in [6.07, 6.45) is 0.243. The average molecular weight is 332 g/mol. The van der Waals surface area contributed by atoms with Gasteiger partial charge in [-0.2, -0.15) is 0 Å². The first kappa shape index (κ1) is 15.9. The Morgan fingerprint density at radius 2 is 1.88 bits per heavy atom. The van der Waals surface area contributed by atoms with Crippen molar-refractivity contribution >= 4 is 17.8 Å². The second kappa shape index (κ2) is 6.61. The third-order valence-corrected chi connectivity index (χ3v) is 3.51. The number of likely N-dealkylation sites (tertiary alicyclic amines) is 1. The topological polar surface area (TPSA) is 89.7 Å². The summed E-state index contributed by atoms with van der Waals surface area (Å²) in [7, 11) is 0. The Labute approximate surface area is 136 Å². The number of carbonyl (C=O) groups excluding carboxylic acids is 3. The summed E-state index contributed by atoms with van der Waals surface area (Å²) in [6.45, 7) is -0.555. The van der Waals surface area contributed by atoms with Gasteiger partial charge in [-0.05, 0) is 24.3 Å². The van der Waals surface area contributed by atoms with Gasteiger partial charge in [-0.3, -0.25) is 19.3 Å². The van der Waals surface area contributed by atoms with Crippen LogP contribution >= 0.6 is 0 Å². The minimum absolute atomic E-state index is 0.121. The Kier molecular flexibility index (Phi) is 4.37. The number of halogens is 1. The molecule has 0 bridgehead atoms. The van der Waals surface area contributed by atoms with E-state index in [2.05, 4.69) is 5.16 Å². The minimum Gasteiger partial charge on any atom is -0.458 e. The summed E-state index contributed by atoms with van der Waals surface area (Å²) in [4.78, 5) is 35.4. The van der Waals surface area contributed by atoms with E-state index in [0.717, 1.165) is 4.90 Å². The van der Waals surface area contributed by atoms with E-state index in [-0.39, 0.29) is 37.1 Å². The zero-order valence-corrected chi connectivity index (χ0v) is 12.5. The molecule has 8 heteroatoms. The van der Waals surface area contributed by atoms with E-state index >= 15 is 0 Å². The average Bonchev–Trinajstić information content (AvgIpc) is 3.16. The van der Waals surface area contributed by atoms with Crippen LogP contribution in [0, 0.1) is 5.82 Å². The summed E-state index contributed by atoms with van der Waals surface area (Å²) < 4.78 is 23.0. The third kappa shape index (κ3) is 3.48. The number of hydrogen-bond donors (Lipinski definition) is 0. The van der Waals surface area contributed by atoms with Gasteiger partial charge in [0.2, 0.25) is 11.8 Å². The quantitative estimate of drug-likeness (QED) is 0.611. The van der Waals surface area contributed by atoms with Gasteiger partial charge in [0, 0.05) is 24.5 Å². The molecule has 1 aromatic heterocycles. The van der Waals surface area contributed by atoms with Crippen LogP contribution in [0.2, 0.25) is 0 Å². The number of nitrogens with zero attached hydrogens (tertiary/aromatic N) is 2. The molecule has 0 radical (unpaired) electrons. The highest BCUT2D eigenvalue weighted by atomic mass is 19.1. The summed E-state index contributed by atoms with van der Waals surface area (Å²) >= 11 is 0. The van der Waals surface area contributed by atoms with Gasteiger partial charge in [0.1, 0.15) is 24.7 Å². The predicted octanol–water partition coefficient (Wildman–Crippen LogP) is 1.67. The molecular formula is C16H13FN2O5. The highest BCUT2D eigenvalue weighted by Crippen LogP contribution is 2.21. The predicted molar refractivity (Wildman–Crippen MR) is 77.6 cm³/mol. The molecule has 0 spiro atoms. The van der Waals surface area contributed by atoms with E-state index in [9.17, 15) is 18.8 Å². The van der Waals surface area contributed by atoms with Gasteiger partial charge in [-0.1, -0.05) is 5.16 Å². The molecule has 1 aliphatic heterocycles. The lowest BCUT2D eigenvalue weighted by Crippen LogP contribution is -2.35. The maximum absolute atomic E-state index is 12.9. The summed E-state index contributed by atoms with van der Waals surface area (Å²) in [5.41, 5.74) is 0.997. The number of aromatic nitrogens is 1. The molecule has 2 heterocycles. The van der Waals surface area contributed by atoms with Crippen molar-refractivity contribution in [2.75, 3.05) is 6.54 Å². The van der Waals surface area contributed by atoms with Crippen LogP contribution in [0.5, 0.6) is 0 Å². The Hall–Kier alpha value is -3.03. The lowest BCUT2D eigenvalue weighted by Gasteiger charge is -2.12. The summed E-state index contributed by atoms with van der Waals surface area (Å²) in [5.74, 6) is -1.41. The maximum atomic E-state index is 12.9. The highest BCUT2D eigenvalue weighted by molar-refractivity contribution is 6.04. The molecule has 0 N–H and O–H groups in total. The van der Waals surface area contributed by atoms with Crippen LogP contribution in [-0.2, 0) is 25.7 Å². The van der Waals surface area contributed by atoms with Gasteiger partial charge in [0.25, 0.3) is 0 Å². The summed E-state index contributed by atoms with van der Waals surface area (Å²) in [6, 6.07) is 7.22. The number of carbonyl (C=O) groups is 3. The first-order chi connectivity index (χ1) is 11.5. The molecule has 2 amide bonds. The fourth-order valence-electron chi connectivity index (χ4n) is 2.26. The molecule has 0 saturated carbocycles. The number of imide groups is 1. The summed E-state index contributed by atoms with van der Waals surface area (Å²) in [5, 5.41) is 3.76. The minimum atomic E-state index is -0.704. The number of benzene rings is 1. The van der Waals surface area contributed by atoms with Gasteiger partial charge >= 0.3 is 5.97 Å². The smallest absolute Gasteiger partial charge is 0.326 e. The van der Waals surface area contributed by atoms with E-state index in [0.29, 0.717) is 17.0 Å². The van der Waals surface area contributed by atoms with Crippen LogP contribution in [0.25, 0.3) is 11.3 Å². The number of hydrogen-bond acceptors (Lipinski definition) is 6. The zero-order chi connectivity index (χ0) is 17.1. The maximum Gasteiger partial charge on any atom is 0.326 e. The lowest BCUT2D eigenvalue weighted by molar-refractivity contribution is -0.153. The van der Waals surface area contributed by atoms with Crippen molar-refractivity contribution in [2.24, 2.45) is 0 Å². The molecule has 3 rings (SSSR count).